The standard InChI is InChI=1S/C26H26ClN3O2/c1-4-5-8-17-11-13-18(14-12-17)25-28-21-10-7-6-9-19(21)26(30-25)29-22-15-20(27)23(31-2)16-24(22)32-3/h6-7,9-16H,4-5,8H2,1-3H3,(H,28,29,30). The number of anilines is 2. The lowest BCUT2D eigenvalue weighted by Crippen LogP contribution is -2.01. The van der Waals surface area contributed by atoms with Crippen LogP contribution >= 0.6 is 11.6 Å². The van der Waals surface area contributed by atoms with E-state index in [4.69, 9.17) is 31.0 Å². The summed E-state index contributed by atoms with van der Waals surface area (Å²) in [6, 6.07) is 19.9. The first-order valence-corrected chi connectivity index (χ1v) is 11.1. The van der Waals surface area contributed by atoms with E-state index in [0.717, 1.165) is 22.9 Å². The summed E-state index contributed by atoms with van der Waals surface area (Å²) < 4.78 is 10.9. The molecule has 1 aromatic heterocycles. The lowest BCUT2D eigenvalue weighted by molar-refractivity contribution is 0.396. The molecule has 0 radical (unpaired) electrons. The molecule has 0 bridgehead atoms. The van der Waals surface area contributed by atoms with E-state index in [1.54, 1.807) is 26.4 Å². The predicted octanol–water partition coefficient (Wildman–Crippen LogP) is 7.05. The number of aromatic nitrogens is 2. The molecule has 1 N–H and O–H groups in total. The first kappa shape index (κ1) is 21.9. The number of benzene rings is 3. The van der Waals surface area contributed by atoms with Gasteiger partial charge >= 0.3 is 0 Å². The summed E-state index contributed by atoms with van der Waals surface area (Å²) in [6.45, 7) is 2.21. The maximum atomic E-state index is 6.37. The quantitative estimate of drug-likeness (QED) is 0.313. The van der Waals surface area contributed by atoms with E-state index in [1.807, 2.05) is 24.3 Å². The van der Waals surface area contributed by atoms with E-state index in [0.29, 0.717) is 33.9 Å². The smallest absolute Gasteiger partial charge is 0.162 e. The molecule has 0 unspecified atom stereocenters. The molecule has 0 aliphatic carbocycles. The van der Waals surface area contributed by atoms with Crippen LogP contribution in [0.4, 0.5) is 11.5 Å². The molecule has 0 aliphatic heterocycles. The number of nitrogens with zero attached hydrogens (tertiary/aromatic N) is 2. The molecule has 6 heteroatoms. The Morgan fingerprint density at radius 3 is 2.38 bits per heavy atom. The number of para-hydroxylation sites is 1. The summed E-state index contributed by atoms with van der Waals surface area (Å²) in [5, 5.41) is 4.78. The molecule has 3 aromatic carbocycles. The van der Waals surface area contributed by atoms with Crippen LogP contribution in [0.1, 0.15) is 25.3 Å². The van der Waals surface area contributed by atoms with E-state index in [-0.39, 0.29) is 0 Å². The van der Waals surface area contributed by atoms with Gasteiger partial charge in [0.15, 0.2) is 5.82 Å². The summed E-state index contributed by atoms with van der Waals surface area (Å²) in [6.07, 6.45) is 3.45. The summed E-state index contributed by atoms with van der Waals surface area (Å²) in [5.74, 6) is 2.49. The molecule has 0 saturated carbocycles. The van der Waals surface area contributed by atoms with E-state index in [9.17, 15) is 0 Å². The van der Waals surface area contributed by atoms with Crippen LogP contribution in [0.25, 0.3) is 22.3 Å². The van der Waals surface area contributed by atoms with Gasteiger partial charge in [-0.1, -0.05) is 61.3 Å². The second-order valence-electron chi connectivity index (χ2n) is 7.53. The van der Waals surface area contributed by atoms with E-state index < -0.39 is 0 Å². The maximum Gasteiger partial charge on any atom is 0.162 e. The van der Waals surface area contributed by atoms with Crippen molar-refractivity contribution in [2.24, 2.45) is 0 Å². The Morgan fingerprint density at radius 1 is 0.906 bits per heavy atom. The van der Waals surface area contributed by atoms with Crippen molar-refractivity contribution < 1.29 is 9.47 Å². The normalized spacial score (nSPS) is 10.9. The van der Waals surface area contributed by atoms with Crippen LogP contribution in [0.3, 0.4) is 0 Å². The molecule has 4 rings (SSSR count). The number of aryl methyl sites for hydroxylation is 1. The molecule has 0 saturated heterocycles. The lowest BCUT2D eigenvalue weighted by Gasteiger charge is -2.15. The molecule has 0 fully saturated rings. The van der Waals surface area contributed by atoms with Crippen molar-refractivity contribution in [3.63, 3.8) is 0 Å². The number of hydrogen-bond donors (Lipinski definition) is 1. The number of hydrogen-bond acceptors (Lipinski definition) is 5. The Bertz CT molecular complexity index is 1230. The first-order chi connectivity index (χ1) is 15.6. The number of nitrogens with one attached hydrogen (secondary N) is 1. The Hall–Kier alpha value is -3.31. The molecule has 0 aliphatic rings. The van der Waals surface area contributed by atoms with Crippen molar-refractivity contribution in [3.05, 3.63) is 71.2 Å². The van der Waals surface area contributed by atoms with Crippen LogP contribution in [-0.2, 0) is 6.42 Å². The molecule has 0 atom stereocenters. The van der Waals surface area contributed by atoms with Crippen molar-refractivity contribution in [2.75, 3.05) is 19.5 Å². The average Bonchev–Trinajstić information content (AvgIpc) is 2.83. The Kier molecular flexibility index (Phi) is 6.76. The number of methoxy groups -OCH3 is 2. The fourth-order valence-electron chi connectivity index (χ4n) is 3.59. The van der Waals surface area contributed by atoms with Gasteiger partial charge in [0.05, 0.1) is 30.4 Å². The number of fused-ring (bicyclic) bond motifs is 1. The monoisotopic (exact) mass is 447 g/mol. The molecule has 4 aromatic rings. The van der Waals surface area contributed by atoms with E-state index in [1.165, 1.54) is 18.4 Å². The van der Waals surface area contributed by atoms with Gasteiger partial charge in [0.25, 0.3) is 0 Å². The van der Waals surface area contributed by atoms with Crippen molar-refractivity contribution in [1.29, 1.82) is 0 Å². The van der Waals surface area contributed by atoms with Crippen LogP contribution in [0.5, 0.6) is 11.5 Å². The molecule has 0 amide bonds. The topological polar surface area (TPSA) is 56.3 Å². The zero-order chi connectivity index (χ0) is 22.5. The molecule has 1 heterocycles. The zero-order valence-electron chi connectivity index (χ0n) is 18.5. The second kappa shape index (κ2) is 9.88. The highest BCUT2D eigenvalue weighted by molar-refractivity contribution is 6.32. The first-order valence-electron chi connectivity index (χ1n) is 10.7. The Balaban J connectivity index is 1.76. The van der Waals surface area contributed by atoms with Gasteiger partial charge < -0.3 is 14.8 Å². The van der Waals surface area contributed by atoms with Gasteiger partial charge in [-0.25, -0.2) is 9.97 Å². The highest BCUT2D eigenvalue weighted by Crippen LogP contribution is 2.38. The SMILES string of the molecule is CCCCc1ccc(-c2nc(Nc3cc(Cl)c(OC)cc3OC)c3ccccc3n2)cc1. The highest BCUT2D eigenvalue weighted by Gasteiger charge is 2.14. The van der Waals surface area contributed by atoms with Crippen LogP contribution in [0, 0.1) is 0 Å². The third-order valence-electron chi connectivity index (χ3n) is 5.36. The van der Waals surface area contributed by atoms with Crippen LogP contribution < -0.4 is 14.8 Å². The van der Waals surface area contributed by atoms with Gasteiger partial charge in [0.2, 0.25) is 0 Å². The molecular weight excluding hydrogens is 422 g/mol. The fourth-order valence-corrected chi connectivity index (χ4v) is 3.83. The summed E-state index contributed by atoms with van der Waals surface area (Å²) in [5.41, 5.74) is 3.85. The predicted molar refractivity (Wildman–Crippen MR) is 131 cm³/mol. The van der Waals surface area contributed by atoms with Gasteiger partial charge in [0, 0.05) is 17.0 Å². The van der Waals surface area contributed by atoms with Gasteiger partial charge in [-0.3, -0.25) is 0 Å². The van der Waals surface area contributed by atoms with Crippen LogP contribution in [0.2, 0.25) is 5.02 Å². The fraction of sp³-hybridized carbons (Fsp3) is 0.231. The summed E-state index contributed by atoms with van der Waals surface area (Å²) in [7, 11) is 3.18. The van der Waals surface area contributed by atoms with Crippen molar-refractivity contribution >= 4 is 34.0 Å². The molecule has 0 spiro atoms. The Labute approximate surface area is 193 Å². The largest absolute Gasteiger partial charge is 0.495 e. The zero-order valence-corrected chi connectivity index (χ0v) is 19.2. The van der Waals surface area contributed by atoms with Gasteiger partial charge in [-0.05, 0) is 36.6 Å². The van der Waals surface area contributed by atoms with Gasteiger partial charge in [-0.2, -0.15) is 0 Å². The maximum absolute atomic E-state index is 6.37. The lowest BCUT2D eigenvalue weighted by atomic mass is 10.1. The third kappa shape index (κ3) is 4.63. The summed E-state index contributed by atoms with van der Waals surface area (Å²) >= 11 is 6.37. The second-order valence-corrected chi connectivity index (χ2v) is 7.93. The molecular formula is C26H26ClN3O2. The number of ether oxygens (including phenoxy) is 2. The molecule has 5 nitrogen and oxygen atoms in total. The number of unbranched alkanes of at least 4 members (excludes halogenated alkanes) is 1. The molecule has 164 valence electrons. The van der Waals surface area contributed by atoms with E-state index in [2.05, 4.69) is 36.5 Å². The van der Waals surface area contributed by atoms with Crippen LogP contribution in [0.15, 0.2) is 60.7 Å². The minimum atomic E-state index is 0.483. The van der Waals surface area contributed by atoms with Gasteiger partial charge in [0.1, 0.15) is 17.3 Å². The van der Waals surface area contributed by atoms with Gasteiger partial charge in [-0.15, -0.1) is 0 Å². The van der Waals surface area contributed by atoms with Crippen molar-refractivity contribution in [3.8, 4) is 22.9 Å². The van der Waals surface area contributed by atoms with Crippen molar-refractivity contribution in [1.82, 2.24) is 9.97 Å². The minimum absolute atomic E-state index is 0.483. The average molecular weight is 448 g/mol. The van der Waals surface area contributed by atoms with Crippen LogP contribution in [-0.4, -0.2) is 24.2 Å². The number of halogens is 1. The Morgan fingerprint density at radius 2 is 1.66 bits per heavy atom. The van der Waals surface area contributed by atoms with Crippen molar-refractivity contribution in [2.45, 2.75) is 26.2 Å². The summed E-state index contributed by atoms with van der Waals surface area (Å²) in [4.78, 5) is 9.65. The minimum Gasteiger partial charge on any atom is -0.495 e. The molecule has 32 heavy (non-hydrogen) atoms. The third-order valence-corrected chi connectivity index (χ3v) is 5.66. The highest BCUT2D eigenvalue weighted by atomic mass is 35.5. The number of rotatable bonds is 8. The van der Waals surface area contributed by atoms with E-state index >= 15 is 0 Å².